The van der Waals surface area contributed by atoms with Crippen LogP contribution in [0, 0.1) is 5.92 Å². The van der Waals surface area contributed by atoms with E-state index in [2.05, 4.69) is 26.2 Å². The van der Waals surface area contributed by atoms with Gasteiger partial charge in [0, 0.05) is 23.8 Å². The standard InChI is InChI=1S/C12H15BrN2O2/c13-10-3-4-11(14-7-10)12(16)15-6-9-2-1-5-17-8-9/h3-4,7,9H,1-2,5-6,8H2,(H,15,16). The number of carbonyl (C=O) groups is 1. The highest BCUT2D eigenvalue weighted by Gasteiger charge is 2.15. The van der Waals surface area contributed by atoms with Crippen molar-refractivity contribution >= 4 is 21.8 Å². The molecule has 1 aliphatic rings. The summed E-state index contributed by atoms with van der Waals surface area (Å²) in [6.07, 6.45) is 3.82. The fraction of sp³-hybridized carbons (Fsp3) is 0.500. The lowest BCUT2D eigenvalue weighted by atomic mass is 10.0. The van der Waals surface area contributed by atoms with Crippen molar-refractivity contribution < 1.29 is 9.53 Å². The number of rotatable bonds is 3. The summed E-state index contributed by atoms with van der Waals surface area (Å²) in [5.74, 6) is 0.311. The van der Waals surface area contributed by atoms with Crippen LogP contribution in [0.2, 0.25) is 0 Å². The molecule has 1 saturated heterocycles. The van der Waals surface area contributed by atoms with Crippen molar-refractivity contribution in [2.24, 2.45) is 5.92 Å². The average molecular weight is 299 g/mol. The van der Waals surface area contributed by atoms with E-state index in [9.17, 15) is 4.79 Å². The Morgan fingerprint density at radius 2 is 2.47 bits per heavy atom. The summed E-state index contributed by atoms with van der Waals surface area (Å²) >= 11 is 3.29. The van der Waals surface area contributed by atoms with Gasteiger partial charge in [-0.05, 0) is 46.8 Å². The summed E-state index contributed by atoms with van der Waals surface area (Å²) in [6, 6.07) is 3.52. The quantitative estimate of drug-likeness (QED) is 0.929. The van der Waals surface area contributed by atoms with Gasteiger partial charge in [0.25, 0.3) is 5.91 Å². The van der Waals surface area contributed by atoms with Crippen LogP contribution in [0.1, 0.15) is 23.3 Å². The third-order valence-corrected chi connectivity index (χ3v) is 3.24. The molecule has 2 heterocycles. The highest BCUT2D eigenvalue weighted by Crippen LogP contribution is 2.12. The van der Waals surface area contributed by atoms with E-state index in [1.807, 2.05) is 6.07 Å². The summed E-state index contributed by atoms with van der Waals surface area (Å²) in [5.41, 5.74) is 0.449. The molecular formula is C12H15BrN2O2. The zero-order valence-electron chi connectivity index (χ0n) is 9.49. The molecule has 1 atom stereocenters. The molecule has 1 N–H and O–H groups in total. The second-order valence-electron chi connectivity index (χ2n) is 4.15. The molecule has 0 spiro atoms. The first kappa shape index (κ1) is 12.5. The van der Waals surface area contributed by atoms with Gasteiger partial charge in [-0.3, -0.25) is 4.79 Å². The second kappa shape index (κ2) is 6.12. The molecule has 5 heteroatoms. The van der Waals surface area contributed by atoms with E-state index in [4.69, 9.17) is 4.74 Å². The maximum atomic E-state index is 11.8. The Morgan fingerprint density at radius 1 is 1.59 bits per heavy atom. The van der Waals surface area contributed by atoms with Crippen molar-refractivity contribution in [2.45, 2.75) is 12.8 Å². The Kier molecular flexibility index (Phi) is 4.50. The maximum absolute atomic E-state index is 11.8. The van der Waals surface area contributed by atoms with Crippen molar-refractivity contribution in [3.8, 4) is 0 Å². The van der Waals surface area contributed by atoms with Gasteiger partial charge in [0.1, 0.15) is 5.69 Å². The first-order chi connectivity index (χ1) is 8.25. The largest absolute Gasteiger partial charge is 0.381 e. The number of nitrogens with one attached hydrogen (secondary N) is 1. The van der Waals surface area contributed by atoms with Gasteiger partial charge < -0.3 is 10.1 Å². The van der Waals surface area contributed by atoms with Crippen LogP contribution in [0.3, 0.4) is 0 Å². The van der Waals surface area contributed by atoms with E-state index in [0.29, 0.717) is 18.2 Å². The number of pyridine rings is 1. The van der Waals surface area contributed by atoms with Crippen molar-refractivity contribution in [3.63, 3.8) is 0 Å². The third-order valence-electron chi connectivity index (χ3n) is 2.77. The number of hydrogen-bond donors (Lipinski definition) is 1. The van der Waals surface area contributed by atoms with Gasteiger partial charge in [-0.25, -0.2) is 4.98 Å². The lowest BCUT2D eigenvalue weighted by Crippen LogP contribution is -2.33. The van der Waals surface area contributed by atoms with E-state index in [1.165, 1.54) is 0 Å². The molecule has 17 heavy (non-hydrogen) atoms. The highest BCUT2D eigenvalue weighted by atomic mass is 79.9. The van der Waals surface area contributed by atoms with Gasteiger partial charge in [0.2, 0.25) is 0 Å². The third kappa shape index (κ3) is 3.78. The molecule has 0 aliphatic carbocycles. The van der Waals surface area contributed by atoms with E-state index < -0.39 is 0 Å². The minimum absolute atomic E-state index is 0.122. The van der Waals surface area contributed by atoms with Gasteiger partial charge in [0.15, 0.2) is 0 Å². The fourth-order valence-electron chi connectivity index (χ4n) is 1.81. The molecule has 0 radical (unpaired) electrons. The van der Waals surface area contributed by atoms with Crippen molar-refractivity contribution in [2.75, 3.05) is 19.8 Å². The summed E-state index contributed by atoms with van der Waals surface area (Å²) in [5, 5.41) is 2.89. The Bertz CT molecular complexity index is 375. The van der Waals surface area contributed by atoms with Crippen LogP contribution in [0.15, 0.2) is 22.8 Å². The zero-order chi connectivity index (χ0) is 12.1. The number of ether oxygens (including phenoxy) is 1. The van der Waals surface area contributed by atoms with Crippen LogP contribution in [0.5, 0.6) is 0 Å². The van der Waals surface area contributed by atoms with Crippen LogP contribution < -0.4 is 5.32 Å². The lowest BCUT2D eigenvalue weighted by molar-refractivity contribution is 0.0535. The summed E-state index contributed by atoms with van der Waals surface area (Å²) in [7, 11) is 0. The number of halogens is 1. The van der Waals surface area contributed by atoms with Gasteiger partial charge in [-0.1, -0.05) is 0 Å². The molecule has 92 valence electrons. The minimum Gasteiger partial charge on any atom is -0.381 e. The predicted octanol–water partition coefficient (Wildman–Crippen LogP) is 2.00. The number of hydrogen-bond acceptors (Lipinski definition) is 3. The molecule has 1 aromatic rings. The lowest BCUT2D eigenvalue weighted by Gasteiger charge is -2.22. The SMILES string of the molecule is O=C(NCC1CCCOC1)c1ccc(Br)cn1. The smallest absolute Gasteiger partial charge is 0.269 e. The number of amides is 1. The van der Waals surface area contributed by atoms with E-state index >= 15 is 0 Å². The molecule has 1 unspecified atom stereocenters. The Balaban J connectivity index is 1.82. The normalized spacial score (nSPS) is 19.9. The topological polar surface area (TPSA) is 51.2 Å². The van der Waals surface area contributed by atoms with Gasteiger partial charge in [-0.15, -0.1) is 0 Å². The number of aromatic nitrogens is 1. The number of carbonyl (C=O) groups excluding carboxylic acids is 1. The Morgan fingerprint density at radius 3 is 3.12 bits per heavy atom. The Hall–Kier alpha value is -0.940. The van der Waals surface area contributed by atoms with E-state index in [1.54, 1.807) is 12.3 Å². The molecule has 2 rings (SSSR count). The first-order valence-electron chi connectivity index (χ1n) is 5.73. The van der Waals surface area contributed by atoms with Crippen molar-refractivity contribution in [1.29, 1.82) is 0 Å². The number of nitrogens with zero attached hydrogens (tertiary/aromatic N) is 1. The van der Waals surface area contributed by atoms with Crippen LogP contribution in [-0.4, -0.2) is 30.6 Å². The van der Waals surface area contributed by atoms with Crippen LogP contribution in [-0.2, 0) is 4.74 Å². The zero-order valence-corrected chi connectivity index (χ0v) is 11.1. The monoisotopic (exact) mass is 298 g/mol. The molecule has 0 bridgehead atoms. The molecular weight excluding hydrogens is 284 g/mol. The molecule has 1 amide bonds. The van der Waals surface area contributed by atoms with E-state index in [0.717, 1.165) is 30.5 Å². The molecule has 0 saturated carbocycles. The van der Waals surface area contributed by atoms with Crippen molar-refractivity contribution in [1.82, 2.24) is 10.3 Å². The molecule has 4 nitrogen and oxygen atoms in total. The van der Waals surface area contributed by atoms with Crippen LogP contribution >= 0.6 is 15.9 Å². The maximum Gasteiger partial charge on any atom is 0.269 e. The second-order valence-corrected chi connectivity index (χ2v) is 5.07. The fourth-order valence-corrected chi connectivity index (χ4v) is 2.04. The van der Waals surface area contributed by atoms with Gasteiger partial charge >= 0.3 is 0 Å². The molecule has 0 aromatic carbocycles. The summed E-state index contributed by atoms with van der Waals surface area (Å²) in [4.78, 5) is 15.8. The molecule has 1 aliphatic heterocycles. The Labute approximate surface area is 109 Å². The highest BCUT2D eigenvalue weighted by molar-refractivity contribution is 9.10. The first-order valence-corrected chi connectivity index (χ1v) is 6.52. The summed E-state index contributed by atoms with van der Waals surface area (Å²) < 4.78 is 6.23. The molecule has 1 aromatic heterocycles. The average Bonchev–Trinajstić information content (AvgIpc) is 2.38. The van der Waals surface area contributed by atoms with Crippen LogP contribution in [0.25, 0.3) is 0 Å². The van der Waals surface area contributed by atoms with Gasteiger partial charge in [0.05, 0.1) is 6.61 Å². The predicted molar refractivity (Wildman–Crippen MR) is 67.8 cm³/mol. The molecule has 1 fully saturated rings. The van der Waals surface area contributed by atoms with E-state index in [-0.39, 0.29) is 5.91 Å². The van der Waals surface area contributed by atoms with Gasteiger partial charge in [-0.2, -0.15) is 0 Å². The van der Waals surface area contributed by atoms with Crippen LogP contribution in [0.4, 0.5) is 0 Å². The minimum atomic E-state index is -0.122. The van der Waals surface area contributed by atoms with Crippen molar-refractivity contribution in [3.05, 3.63) is 28.5 Å². The summed E-state index contributed by atoms with van der Waals surface area (Å²) in [6.45, 7) is 2.25.